The van der Waals surface area contributed by atoms with Gasteiger partial charge < -0.3 is 65.5 Å². The second kappa shape index (κ2) is 15.2. The predicted octanol–water partition coefficient (Wildman–Crippen LogP) is -2.92. The topological polar surface area (TPSA) is 420 Å². The summed E-state index contributed by atoms with van der Waals surface area (Å²) in [6.07, 6.45) is -9.32. The van der Waals surface area contributed by atoms with E-state index in [9.17, 15) is 53.9 Å². The Labute approximate surface area is 308 Å². The summed E-state index contributed by atoms with van der Waals surface area (Å²) >= 11 is 9.18. The lowest BCUT2D eigenvalue weighted by atomic mass is 10.1. The standard InChI is InChI=1S/C20H28N10O18P4S2/c21-14-8-15(24-3-23-14)29(4-25-8)18-12(33)10(31)6(44-18)1-42-49(36,37)46-52(41,54)48-50(38,39)47-51(40,53)43-2-7-11(32)13(34)19(45-7)30-5-26-9-16(30)27-20(22)28-17(9)35/h3-7,10-13,18-19,31-34H,1-2H2,(H,36,37)(H,38,39)(H,40,53)(H,41,54)(H2,21,23,24)(H3,22,27,28,35)/t6-,7-,10-,11-,12-,13-,18-,19-,51?,52?/m1/s1. The Kier molecular flexibility index (Phi) is 11.6. The highest BCUT2D eigenvalue weighted by atomic mass is 32.5. The molecule has 0 aliphatic carbocycles. The maximum atomic E-state index is 12.6. The zero-order valence-electron chi connectivity index (χ0n) is 26.3. The second-order valence-electron chi connectivity index (χ2n) is 11.2. The number of nitrogens with two attached hydrogens (primary N) is 2. The smallest absolute Gasteiger partial charge is 0.387 e. The number of imidazole rings is 2. The van der Waals surface area contributed by atoms with E-state index in [0.717, 1.165) is 17.2 Å². The molecule has 4 aromatic heterocycles. The molecule has 0 saturated carbocycles. The third-order valence-electron chi connectivity index (χ3n) is 7.48. The molecule has 0 spiro atoms. The predicted molar refractivity (Wildman–Crippen MR) is 182 cm³/mol. The number of hydrogen-bond acceptors (Lipinski definition) is 23. The van der Waals surface area contributed by atoms with E-state index in [-0.39, 0.29) is 34.1 Å². The minimum Gasteiger partial charge on any atom is -0.387 e. The molecule has 2 saturated heterocycles. The van der Waals surface area contributed by atoms with Gasteiger partial charge in [-0.1, -0.05) is 0 Å². The molecule has 298 valence electrons. The normalized spacial score (nSPS) is 30.6. The van der Waals surface area contributed by atoms with Crippen LogP contribution in [0, 0.1) is 0 Å². The first-order valence-corrected chi connectivity index (χ1v) is 22.7. The number of aromatic amines is 1. The van der Waals surface area contributed by atoms with Crippen molar-refractivity contribution in [3.63, 3.8) is 0 Å². The maximum absolute atomic E-state index is 12.6. The lowest BCUT2D eigenvalue weighted by molar-refractivity contribution is -0.0502. The number of nitrogens with one attached hydrogen (secondary N) is 1. The number of nitrogens with zero attached hydrogens (tertiary/aromatic N) is 7. The molecule has 6 heterocycles. The molecule has 2 aliphatic rings. The average Bonchev–Trinajstić information content (AvgIpc) is 3.79. The molecular formula is C20H28N10O18P4S2. The number of nitrogen functional groups attached to an aromatic ring is 2. The van der Waals surface area contributed by atoms with Crippen molar-refractivity contribution in [1.29, 1.82) is 0 Å². The minimum absolute atomic E-state index is 0.0104. The van der Waals surface area contributed by atoms with E-state index < -0.39 is 96.9 Å². The zero-order valence-corrected chi connectivity index (χ0v) is 31.5. The van der Waals surface area contributed by atoms with Crippen LogP contribution in [0.3, 0.4) is 0 Å². The van der Waals surface area contributed by atoms with Gasteiger partial charge in [0, 0.05) is 0 Å². The van der Waals surface area contributed by atoms with Crippen LogP contribution in [0.15, 0.2) is 23.8 Å². The number of phosphoric acid groups is 2. The Morgan fingerprint density at radius 2 is 1.26 bits per heavy atom. The van der Waals surface area contributed by atoms with E-state index in [1.54, 1.807) is 0 Å². The van der Waals surface area contributed by atoms with E-state index in [1.165, 1.54) is 10.9 Å². The molecule has 12 atom stereocenters. The Bertz CT molecular complexity index is 2320. The minimum atomic E-state index is -5.81. The van der Waals surface area contributed by atoms with E-state index in [2.05, 4.69) is 66.4 Å². The van der Waals surface area contributed by atoms with Crippen LogP contribution in [-0.2, 0) is 64.2 Å². The monoisotopic (exact) mass is 884 g/mol. The Balaban J connectivity index is 1.02. The Morgan fingerprint density at radius 3 is 1.87 bits per heavy atom. The molecule has 13 N–H and O–H groups in total. The Hall–Kier alpha value is -2.34. The Morgan fingerprint density at radius 1 is 0.741 bits per heavy atom. The molecule has 0 radical (unpaired) electrons. The number of H-pyrrole nitrogens is 1. The van der Waals surface area contributed by atoms with Crippen molar-refractivity contribution in [2.45, 2.75) is 49.1 Å². The lowest BCUT2D eigenvalue weighted by Crippen LogP contribution is -2.33. The van der Waals surface area contributed by atoms with Crippen molar-refractivity contribution < 1.29 is 80.6 Å². The summed E-state index contributed by atoms with van der Waals surface area (Å²) in [6, 6.07) is 0. The van der Waals surface area contributed by atoms with Crippen molar-refractivity contribution in [1.82, 2.24) is 39.0 Å². The number of phosphoric ester groups is 1. The van der Waals surface area contributed by atoms with Gasteiger partial charge in [-0.05, 0) is 23.6 Å². The number of hydrogen-bond donors (Lipinski definition) is 11. The highest BCUT2D eigenvalue weighted by Gasteiger charge is 2.48. The fourth-order valence-corrected chi connectivity index (χ4v) is 12.6. The van der Waals surface area contributed by atoms with Crippen molar-refractivity contribution in [3.8, 4) is 0 Å². The van der Waals surface area contributed by atoms with Crippen molar-refractivity contribution in [2.75, 3.05) is 24.7 Å². The van der Waals surface area contributed by atoms with E-state index in [0.29, 0.717) is 0 Å². The molecule has 4 aromatic rings. The van der Waals surface area contributed by atoms with Crippen LogP contribution in [0.25, 0.3) is 22.3 Å². The largest absolute Gasteiger partial charge is 0.486 e. The fraction of sp³-hybridized carbons (Fsp3) is 0.500. The van der Waals surface area contributed by atoms with Crippen molar-refractivity contribution in [3.05, 3.63) is 29.3 Å². The van der Waals surface area contributed by atoms with Crippen LogP contribution < -0.4 is 17.0 Å². The number of rotatable bonds is 14. The fourth-order valence-electron chi connectivity index (χ4n) is 5.18. The first kappa shape index (κ1) is 41.3. The summed E-state index contributed by atoms with van der Waals surface area (Å²) in [7, 11) is -11.3. The summed E-state index contributed by atoms with van der Waals surface area (Å²) in [5.74, 6) is -0.280. The van der Waals surface area contributed by atoms with Gasteiger partial charge in [-0.25, -0.2) is 42.0 Å². The van der Waals surface area contributed by atoms with E-state index in [1.807, 2.05) is 0 Å². The van der Waals surface area contributed by atoms with Gasteiger partial charge in [-0.2, -0.15) is 4.98 Å². The summed E-state index contributed by atoms with van der Waals surface area (Å²) in [6.45, 7) is -12.1. The van der Waals surface area contributed by atoms with Gasteiger partial charge in [0.2, 0.25) is 5.95 Å². The van der Waals surface area contributed by atoms with Gasteiger partial charge in [-0.15, -0.1) is 0 Å². The van der Waals surface area contributed by atoms with Crippen LogP contribution in [-0.4, -0.2) is 129 Å². The summed E-state index contributed by atoms with van der Waals surface area (Å²) in [5, 5.41) is 42.1. The molecule has 4 unspecified atom stereocenters. The summed E-state index contributed by atoms with van der Waals surface area (Å²) in [5.41, 5.74) is 10.6. The zero-order chi connectivity index (χ0) is 39.5. The van der Waals surface area contributed by atoms with Crippen LogP contribution in [0.5, 0.6) is 0 Å². The first-order valence-electron chi connectivity index (χ1n) is 14.5. The molecule has 0 aromatic carbocycles. The maximum Gasteiger partial charge on any atom is 0.486 e. The van der Waals surface area contributed by atoms with E-state index >= 15 is 0 Å². The van der Waals surface area contributed by atoms with Crippen LogP contribution in [0.4, 0.5) is 11.8 Å². The molecule has 34 heteroatoms. The molecule has 6 rings (SSSR count). The molecule has 28 nitrogen and oxygen atoms in total. The number of fused-ring (bicyclic) bond motifs is 2. The van der Waals surface area contributed by atoms with Crippen LogP contribution in [0.1, 0.15) is 12.5 Å². The number of ether oxygens (including phenoxy) is 2. The third-order valence-corrected chi connectivity index (χ3v) is 15.5. The summed E-state index contributed by atoms with van der Waals surface area (Å²) in [4.78, 5) is 74.8. The SMILES string of the molecule is Nc1nc2c(ncn2[C@@H]2O[C@H](COP(O)(=S)OP(=O)(O)OP(O)(=S)OP(=O)(O)OC[C@H]3O[C@@H](n4cnc5c(N)ncnc54)[C@H](O)[C@@H]3O)[C@@H](O)[C@H]2O)c(=O)[nH]1. The van der Waals surface area contributed by atoms with Gasteiger partial charge in [0.1, 0.15) is 48.5 Å². The number of anilines is 2. The molecule has 54 heavy (non-hydrogen) atoms. The highest BCUT2D eigenvalue weighted by Crippen LogP contribution is 2.71. The molecule has 2 fully saturated rings. The quantitative estimate of drug-likeness (QED) is 0.0565. The second-order valence-corrected chi connectivity index (χ2v) is 20.2. The van der Waals surface area contributed by atoms with Gasteiger partial charge in [0.05, 0.1) is 25.9 Å². The van der Waals surface area contributed by atoms with Gasteiger partial charge in [0.15, 0.2) is 35.1 Å². The average molecular weight is 885 g/mol. The first-order chi connectivity index (χ1) is 25.1. The van der Waals surface area contributed by atoms with Gasteiger partial charge in [-0.3, -0.25) is 23.4 Å². The number of aliphatic hydroxyl groups is 4. The lowest BCUT2D eigenvalue weighted by Gasteiger charge is -2.24. The molecule has 2 aliphatic heterocycles. The number of aromatic nitrogens is 8. The van der Waals surface area contributed by atoms with Crippen molar-refractivity contribution >= 4 is 86.8 Å². The molecule has 0 bridgehead atoms. The van der Waals surface area contributed by atoms with Gasteiger partial charge >= 0.3 is 29.1 Å². The van der Waals surface area contributed by atoms with Gasteiger partial charge in [0.25, 0.3) is 5.56 Å². The van der Waals surface area contributed by atoms with E-state index in [4.69, 9.17) is 30.0 Å². The molecular weight excluding hydrogens is 856 g/mol. The summed E-state index contributed by atoms with van der Waals surface area (Å²) < 4.78 is 61.2. The van der Waals surface area contributed by atoms with Crippen LogP contribution >= 0.6 is 29.1 Å². The third kappa shape index (κ3) is 8.79. The highest BCUT2D eigenvalue weighted by molar-refractivity contribution is 8.11. The van der Waals surface area contributed by atoms with Crippen LogP contribution in [0.2, 0.25) is 0 Å². The van der Waals surface area contributed by atoms with Crippen molar-refractivity contribution in [2.24, 2.45) is 0 Å². The molecule has 0 amide bonds. The number of aliphatic hydroxyl groups excluding tert-OH is 4.